The highest BCUT2D eigenvalue weighted by Gasteiger charge is 2.05. The van der Waals surface area contributed by atoms with Crippen LogP contribution in [-0.2, 0) is 4.79 Å². The quantitative estimate of drug-likeness (QED) is 0.779. The summed E-state index contributed by atoms with van der Waals surface area (Å²) in [6.45, 7) is 4.62. The van der Waals surface area contributed by atoms with E-state index in [9.17, 15) is 9.90 Å². The molecule has 1 rings (SSSR count). The van der Waals surface area contributed by atoms with E-state index in [0.717, 1.165) is 12.0 Å². The third-order valence-electron chi connectivity index (χ3n) is 2.59. The molecule has 1 aromatic rings. The zero-order valence-corrected chi connectivity index (χ0v) is 11.0. The second-order valence-electron chi connectivity index (χ2n) is 4.13. The van der Waals surface area contributed by atoms with Gasteiger partial charge in [-0.15, -0.1) is 0 Å². The molecule has 18 heavy (non-hydrogen) atoms. The summed E-state index contributed by atoms with van der Waals surface area (Å²) in [4.78, 5) is 11.3. The first-order chi connectivity index (χ1) is 8.67. The molecule has 1 amide bonds. The summed E-state index contributed by atoms with van der Waals surface area (Å²) >= 11 is 0. The van der Waals surface area contributed by atoms with Gasteiger partial charge in [0.15, 0.2) is 6.61 Å². The number of carbonyl (C=O) groups is 1. The van der Waals surface area contributed by atoms with Crippen molar-refractivity contribution in [3.05, 3.63) is 29.8 Å². The molecule has 0 radical (unpaired) electrons. The normalized spacial score (nSPS) is 11.9. The SMILES string of the molecule is CCCNC(=O)COc1ccc(C(O)CC)cc1. The Labute approximate surface area is 108 Å². The van der Waals surface area contributed by atoms with Crippen molar-refractivity contribution in [2.75, 3.05) is 13.2 Å². The highest BCUT2D eigenvalue weighted by Crippen LogP contribution is 2.19. The second kappa shape index (κ2) is 7.71. The number of amides is 1. The van der Waals surface area contributed by atoms with Crippen LogP contribution in [0.2, 0.25) is 0 Å². The zero-order valence-electron chi connectivity index (χ0n) is 11.0. The smallest absolute Gasteiger partial charge is 0.257 e. The predicted molar refractivity (Wildman–Crippen MR) is 70.5 cm³/mol. The topological polar surface area (TPSA) is 58.6 Å². The maximum absolute atomic E-state index is 11.3. The van der Waals surface area contributed by atoms with Gasteiger partial charge < -0.3 is 15.2 Å². The van der Waals surface area contributed by atoms with Crippen molar-refractivity contribution in [2.24, 2.45) is 0 Å². The number of nitrogens with one attached hydrogen (secondary N) is 1. The van der Waals surface area contributed by atoms with Gasteiger partial charge in [0.1, 0.15) is 5.75 Å². The number of aliphatic hydroxyl groups is 1. The first kappa shape index (κ1) is 14.5. The number of hydrogen-bond acceptors (Lipinski definition) is 3. The van der Waals surface area contributed by atoms with E-state index in [1.165, 1.54) is 0 Å². The third-order valence-corrected chi connectivity index (χ3v) is 2.59. The van der Waals surface area contributed by atoms with E-state index in [4.69, 9.17) is 4.74 Å². The van der Waals surface area contributed by atoms with Crippen molar-refractivity contribution in [1.82, 2.24) is 5.32 Å². The fourth-order valence-corrected chi connectivity index (χ4v) is 1.49. The van der Waals surface area contributed by atoms with Crippen LogP contribution in [0.1, 0.15) is 38.4 Å². The summed E-state index contributed by atoms with van der Waals surface area (Å²) in [5.41, 5.74) is 0.861. The van der Waals surface area contributed by atoms with E-state index in [0.29, 0.717) is 18.7 Å². The highest BCUT2D eigenvalue weighted by atomic mass is 16.5. The van der Waals surface area contributed by atoms with Gasteiger partial charge in [-0.05, 0) is 30.5 Å². The van der Waals surface area contributed by atoms with E-state index in [1.54, 1.807) is 12.1 Å². The molecule has 0 saturated heterocycles. The van der Waals surface area contributed by atoms with Crippen LogP contribution in [0, 0.1) is 0 Å². The van der Waals surface area contributed by atoms with Gasteiger partial charge in [0, 0.05) is 6.54 Å². The molecule has 4 heteroatoms. The van der Waals surface area contributed by atoms with Crippen LogP contribution in [-0.4, -0.2) is 24.2 Å². The molecule has 1 aromatic carbocycles. The molecule has 0 aliphatic heterocycles. The number of hydrogen-bond donors (Lipinski definition) is 2. The Hall–Kier alpha value is -1.55. The maximum atomic E-state index is 11.3. The van der Waals surface area contributed by atoms with E-state index < -0.39 is 6.10 Å². The average molecular weight is 251 g/mol. The predicted octanol–water partition coefficient (Wildman–Crippen LogP) is 2.04. The fraction of sp³-hybridized carbons (Fsp3) is 0.500. The van der Waals surface area contributed by atoms with E-state index in [1.807, 2.05) is 26.0 Å². The van der Waals surface area contributed by atoms with Gasteiger partial charge in [0.2, 0.25) is 0 Å². The average Bonchev–Trinajstić information content (AvgIpc) is 2.42. The zero-order chi connectivity index (χ0) is 13.4. The Morgan fingerprint density at radius 1 is 1.33 bits per heavy atom. The standard InChI is InChI=1S/C14H21NO3/c1-3-9-15-14(17)10-18-12-7-5-11(6-8-12)13(16)4-2/h5-8,13,16H,3-4,9-10H2,1-2H3,(H,15,17). The number of rotatable bonds is 7. The van der Waals surface area contributed by atoms with Crippen molar-refractivity contribution in [2.45, 2.75) is 32.8 Å². The molecule has 0 heterocycles. The summed E-state index contributed by atoms with van der Waals surface area (Å²) in [5.74, 6) is 0.517. The molecule has 4 nitrogen and oxygen atoms in total. The van der Waals surface area contributed by atoms with Gasteiger partial charge in [-0.1, -0.05) is 26.0 Å². The summed E-state index contributed by atoms with van der Waals surface area (Å²) in [6, 6.07) is 7.16. The summed E-state index contributed by atoms with van der Waals surface area (Å²) in [6.07, 6.45) is 1.15. The van der Waals surface area contributed by atoms with Gasteiger partial charge in [0.25, 0.3) is 5.91 Å². The number of aliphatic hydroxyl groups excluding tert-OH is 1. The largest absolute Gasteiger partial charge is 0.484 e. The molecule has 0 aliphatic rings. The Bertz CT molecular complexity index is 362. The van der Waals surface area contributed by atoms with Crippen LogP contribution < -0.4 is 10.1 Å². The van der Waals surface area contributed by atoms with E-state index in [2.05, 4.69) is 5.32 Å². The third kappa shape index (κ3) is 4.75. The van der Waals surface area contributed by atoms with Crippen molar-refractivity contribution in [1.29, 1.82) is 0 Å². The molecule has 2 N–H and O–H groups in total. The van der Waals surface area contributed by atoms with Crippen molar-refractivity contribution in [3.63, 3.8) is 0 Å². The number of carbonyl (C=O) groups excluding carboxylic acids is 1. The van der Waals surface area contributed by atoms with Crippen LogP contribution in [0.25, 0.3) is 0 Å². The Morgan fingerprint density at radius 3 is 2.56 bits per heavy atom. The molecule has 0 aromatic heterocycles. The first-order valence-electron chi connectivity index (χ1n) is 6.34. The van der Waals surface area contributed by atoms with Crippen LogP contribution in [0.5, 0.6) is 5.75 Å². The lowest BCUT2D eigenvalue weighted by molar-refractivity contribution is -0.123. The second-order valence-corrected chi connectivity index (χ2v) is 4.13. The maximum Gasteiger partial charge on any atom is 0.257 e. The van der Waals surface area contributed by atoms with Gasteiger partial charge in [-0.25, -0.2) is 0 Å². The van der Waals surface area contributed by atoms with Gasteiger partial charge >= 0.3 is 0 Å². The lowest BCUT2D eigenvalue weighted by Gasteiger charge is -2.10. The Morgan fingerprint density at radius 2 is 2.00 bits per heavy atom. The summed E-state index contributed by atoms with van der Waals surface area (Å²) in [7, 11) is 0. The van der Waals surface area contributed by atoms with Crippen LogP contribution in [0.15, 0.2) is 24.3 Å². The summed E-state index contributed by atoms with van der Waals surface area (Å²) < 4.78 is 5.34. The van der Waals surface area contributed by atoms with Gasteiger partial charge in [-0.3, -0.25) is 4.79 Å². The minimum Gasteiger partial charge on any atom is -0.484 e. The van der Waals surface area contributed by atoms with Gasteiger partial charge in [0.05, 0.1) is 6.10 Å². The number of benzene rings is 1. The molecular weight excluding hydrogens is 230 g/mol. The van der Waals surface area contributed by atoms with Crippen molar-refractivity contribution < 1.29 is 14.6 Å². The lowest BCUT2D eigenvalue weighted by Crippen LogP contribution is -2.29. The molecule has 0 aliphatic carbocycles. The molecule has 100 valence electrons. The molecular formula is C14H21NO3. The van der Waals surface area contributed by atoms with Crippen molar-refractivity contribution in [3.8, 4) is 5.75 Å². The molecule has 1 atom stereocenters. The number of ether oxygens (including phenoxy) is 1. The molecule has 0 saturated carbocycles. The van der Waals surface area contributed by atoms with E-state index in [-0.39, 0.29) is 12.5 Å². The molecule has 0 spiro atoms. The molecule has 0 fully saturated rings. The Kier molecular flexibility index (Phi) is 6.22. The van der Waals surface area contributed by atoms with Crippen LogP contribution in [0.3, 0.4) is 0 Å². The lowest BCUT2D eigenvalue weighted by atomic mass is 10.1. The van der Waals surface area contributed by atoms with E-state index >= 15 is 0 Å². The van der Waals surface area contributed by atoms with Gasteiger partial charge in [-0.2, -0.15) is 0 Å². The first-order valence-corrected chi connectivity index (χ1v) is 6.34. The van der Waals surface area contributed by atoms with Crippen LogP contribution in [0.4, 0.5) is 0 Å². The van der Waals surface area contributed by atoms with Crippen LogP contribution >= 0.6 is 0 Å². The molecule has 1 unspecified atom stereocenters. The highest BCUT2D eigenvalue weighted by molar-refractivity contribution is 5.77. The Balaban J connectivity index is 2.41. The monoisotopic (exact) mass is 251 g/mol. The van der Waals surface area contributed by atoms with Crippen molar-refractivity contribution >= 4 is 5.91 Å². The fourth-order valence-electron chi connectivity index (χ4n) is 1.49. The minimum absolute atomic E-state index is 0.0235. The minimum atomic E-state index is -0.438. The molecule has 0 bridgehead atoms. The summed E-state index contributed by atoms with van der Waals surface area (Å²) in [5, 5.41) is 12.4.